The average molecular weight is 144 g/mol. The first-order chi connectivity index (χ1) is 4.84. The van der Waals surface area contributed by atoms with Crippen molar-refractivity contribution in [2.75, 3.05) is 7.11 Å². The molecule has 0 saturated heterocycles. The summed E-state index contributed by atoms with van der Waals surface area (Å²) < 4.78 is 0. The second kappa shape index (κ2) is 3.91. The lowest BCUT2D eigenvalue weighted by atomic mass is 9.96. The van der Waals surface area contributed by atoms with Crippen molar-refractivity contribution >= 4 is 0 Å². The lowest BCUT2D eigenvalue weighted by Crippen LogP contribution is -2.30. The number of rotatable bonds is 2. The summed E-state index contributed by atoms with van der Waals surface area (Å²) in [4.78, 5) is 4.57. The molecule has 0 heterocycles. The van der Waals surface area contributed by atoms with Crippen LogP contribution in [0.25, 0.3) is 0 Å². The number of nitrogens with zero attached hydrogens (tertiary/aromatic N) is 1. The maximum atomic E-state index is 10.9. The van der Waals surface area contributed by atoms with Crippen molar-refractivity contribution in [3.05, 3.63) is 5.21 Å². The fourth-order valence-corrected chi connectivity index (χ4v) is 1.44. The molecule has 0 aliphatic heterocycles. The van der Waals surface area contributed by atoms with E-state index in [1.807, 2.05) is 0 Å². The van der Waals surface area contributed by atoms with Crippen molar-refractivity contribution in [2.24, 2.45) is 0 Å². The van der Waals surface area contributed by atoms with Gasteiger partial charge >= 0.3 is 0 Å². The molecule has 0 atom stereocenters. The Bertz CT molecular complexity index is 91.6. The van der Waals surface area contributed by atoms with E-state index in [1.54, 1.807) is 0 Å². The van der Waals surface area contributed by atoms with Gasteiger partial charge in [0.15, 0.2) is 0 Å². The van der Waals surface area contributed by atoms with Gasteiger partial charge < -0.3 is 10.0 Å². The van der Waals surface area contributed by atoms with Crippen LogP contribution < -0.4 is 0 Å². The quantitative estimate of drug-likeness (QED) is 0.553. The van der Waals surface area contributed by atoms with Crippen LogP contribution in [0.3, 0.4) is 0 Å². The van der Waals surface area contributed by atoms with Crippen LogP contribution in [0.15, 0.2) is 0 Å². The van der Waals surface area contributed by atoms with Crippen molar-refractivity contribution in [3.8, 4) is 0 Å². The Balaban J connectivity index is 2.24. The Kier molecular flexibility index (Phi) is 3.12. The molecule has 0 aromatic heterocycles. The Labute approximate surface area is 61.5 Å². The molecule has 0 unspecified atom stereocenters. The first kappa shape index (κ1) is 7.98. The molecule has 1 fully saturated rings. The molecule has 1 rings (SSSR count). The topological polar surface area (TPSA) is 35.5 Å². The summed E-state index contributed by atoms with van der Waals surface area (Å²) in [6.07, 6.45) is 5.61. The van der Waals surface area contributed by atoms with E-state index in [1.165, 1.54) is 26.4 Å². The van der Waals surface area contributed by atoms with Gasteiger partial charge in [0.25, 0.3) is 0 Å². The average Bonchev–Trinajstić information content (AvgIpc) is 2.05. The van der Waals surface area contributed by atoms with Gasteiger partial charge in [0.1, 0.15) is 0 Å². The molecule has 0 spiro atoms. The summed E-state index contributed by atoms with van der Waals surface area (Å²) >= 11 is 0. The van der Waals surface area contributed by atoms with Crippen LogP contribution in [0.5, 0.6) is 0 Å². The largest absolute Gasteiger partial charge is 0.762 e. The van der Waals surface area contributed by atoms with Crippen molar-refractivity contribution in [3.63, 3.8) is 0 Å². The summed E-state index contributed by atoms with van der Waals surface area (Å²) in [5, 5.41) is 11.6. The standard InChI is InChI=1S/C7H14NO2/c1-10-8(9)7-5-3-2-4-6-7/h7H,2-6H2,1H3/q-1. The molecule has 60 valence electrons. The van der Waals surface area contributed by atoms with Crippen LogP contribution in [0.2, 0.25) is 0 Å². The first-order valence-electron chi connectivity index (χ1n) is 3.85. The third-order valence-electron chi connectivity index (χ3n) is 2.05. The predicted molar refractivity (Wildman–Crippen MR) is 39.1 cm³/mol. The normalized spacial score (nSPS) is 21.9. The SMILES string of the molecule is CON([O-])C1CCCCC1. The monoisotopic (exact) mass is 144 g/mol. The van der Waals surface area contributed by atoms with Gasteiger partial charge in [-0.1, -0.05) is 19.3 Å². The van der Waals surface area contributed by atoms with E-state index in [0.29, 0.717) is 0 Å². The number of hydroxylamine groups is 2. The molecule has 1 aliphatic rings. The molecule has 0 amide bonds. The lowest BCUT2D eigenvalue weighted by molar-refractivity contribution is -0.127. The molecule has 0 N–H and O–H groups in total. The Hall–Kier alpha value is -0.120. The Morgan fingerprint density at radius 3 is 2.40 bits per heavy atom. The molecule has 0 bridgehead atoms. The summed E-state index contributed by atoms with van der Waals surface area (Å²) in [5.41, 5.74) is 0. The van der Waals surface area contributed by atoms with E-state index in [0.717, 1.165) is 18.1 Å². The molecule has 3 nitrogen and oxygen atoms in total. The van der Waals surface area contributed by atoms with Crippen LogP contribution >= 0.6 is 0 Å². The van der Waals surface area contributed by atoms with Crippen molar-refractivity contribution in [1.82, 2.24) is 5.23 Å². The highest BCUT2D eigenvalue weighted by Crippen LogP contribution is 2.21. The Morgan fingerprint density at radius 2 is 1.90 bits per heavy atom. The fourth-order valence-electron chi connectivity index (χ4n) is 1.44. The molecule has 3 heteroatoms. The first-order valence-corrected chi connectivity index (χ1v) is 3.85. The molecular formula is C7H14NO2-. The van der Waals surface area contributed by atoms with Gasteiger partial charge in [-0.3, -0.25) is 5.23 Å². The molecular weight excluding hydrogens is 130 g/mol. The molecule has 10 heavy (non-hydrogen) atoms. The second-order valence-corrected chi connectivity index (χ2v) is 2.76. The van der Waals surface area contributed by atoms with E-state index < -0.39 is 0 Å². The number of hydrogen-bond donors (Lipinski definition) is 0. The van der Waals surface area contributed by atoms with Gasteiger partial charge in [-0.05, 0) is 12.8 Å². The zero-order valence-electron chi connectivity index (χ0n) is 6.38. The molecule has 1 aliphatic carbocycles. The highest BCUT2D eigenvalue weighted by atomic mass is 16.9. The zero-order valence-corrected chi connectivity index (χ0v) is 6.38. The van der Waals surface area contributed by atoms with Crippen molar-refractivity contribution in [2.45, 2.75) is 38.1 Å². The molecule has 1 saturated carbocycles. The Morgan fingerprint density at radius 1 is 1.30 bits per heavy atom. The minimum Gasteiger partial charge on any atom is -0.762 e. The van der Waals surface area contributed by atoms with E-state index in [2.05, 4.69) is 4.84 Å². The van der Waals surface area contributed by atoms with Gasteiger partial charge in [-0.25, -0.2) is 0 Å². The third kappa shape index (κ3) is 1.94. The minimum atomic E-state index is 0.124. The maximum absolute atomic E-state index is 10.9. The number of hydrogen-bond acceptors (Lipinski definition) is 3. The van der Waals surface area contributed by atoms with Gasteiger partial charge in [-0.2, -0.15) is 0 Å². The van der Waals surface area contributed by atoms with E-state index in [9.17, 15) is 5.21 Å². The van der Waals surface area contributed by atoms with Crippen LogP contribution in [0.4, 0.5) is 0 Å². The summed E-state index contributed by atoms with van der Waals surface area (Å²) in [5.74, 6) is 0. The van der Waals surface area contributed by atoms with Gasteiger partial charge in [0.05, 0.1) is 7.11 Å². The second-order valence-electron chi connectivity index (χ2n) is 2.76. The highest BCUT2D eigenvalue weighted by molar-refractivity contribution is 4.70. The van der Waals surface area contributed by atoms with Crippen molar-refractivity contribution < 1.29 is 4.84 Å². The molecule has 0 aromatic carbocycles. The van der Waals surface area contributed by atoms with Crippen LogP contribution in [0.1, 0.15) is 32.1 Å². The summed E-state index contributed by atoms with van der Waals surface area (Å²) in [7, 11) is 1.43. The smallest absolute Gasteiger partial charge is 0.0563 e. The van der Waals surface area contributed by atoms with Crippen LogP contribution in [-0.4, -0.2) is 18.4 Å². The van der Waals surface area contributed by atoms with Gasteiger partial charge in [0.2, 0.25) is 0 Å². The molecule has 0 radical (unpaired) electrons. The van der Waals surface area contributed by atoms with E-state index in [-0.39, 0.29) is 6.04 Å². The summed E-state index contributed by atoms with van der Waals surface area (Å²) in [6, 6.07) is 0.124. The fraction of sp³-hybridized carbons (Fsp3) is 1.00. The van der Waals surface area contributed by atoms with Gasteiger partial charge in [0, 0.05) is 6.04 Å². The van der Waals surface area contributed by atoms with Gasteiger partial charge in [-0.15, -0.1) is 0 Å². The molecule has 0 aromatic rings. The zero-order chi connectivity index (χ0) is 7.40. The van der Waals surface area contributed by atoms with Crippen LogP contribution in [0, 0.1) is 5.21 Å². The third-order valence-corrected chi connectivity index (χ3v) is 2.05. The van der Waals surface area contributed by atoms with E-state index in [4.69, 9.17) is 0 Å². The van der Waals surface area contributed by atoms with Crippen molar-refractivity contribution in [1.29, 1.82) is 0 Å². The van der Waals surface area contributed by atoms with Crippen LogP contribution in [-0.2, 0) is 4.84 Å². The summed E-state index contributed by atoms with van der Waals surface area (Å²) in [6.45, 7) is 0. The highest BCUT2D eigenvalue weighted by Gasteiger charge is 2.13. The maximum Gasteiger partial charge on any atom is 0.0563 e. The van der Waals surface area contributed by atoms with E-state index >= 15 is 0 Å². The predicted octanol–water partition coefficient (Wildman–Crippen LogP) is 1.68. The lowest BCUT2D eigenvalue weighted by Gasteiger charge is -2.36. The minimum absolute atomic E-state index is 0.124.